The zero-order valence-electron chi connectivity index (χ0n) is 15.4. The van der Waals surface area contributed by atoms with Gasteiger partial charge in [-0.15, -0.1) is 0 Å². The molecule has 0 fully saturated rings. The summed E-state index contributed by atoms with van der Waals surface area (Å²) in [6.45, 7) is 7.12. The number of likely N-dealkylation sites (N-methyl/N-ethyl adjacent to an activating group) is 1. The highest BCUT2D eigenvalue weighted by Gasteiger charge is 2.20. The molecular weight excluding hydrogens is 340 g/mol. The minimum atomic E-state index is -0.603. The van der Waals surface area contributed by atoms with Crippen LogP contribution in [0.5, 0.6) is 0 Å². The topological polar surface area (TPSA) is 122 Å². The third kappa shape index (κ3) is 6.88. The van der Waals surface area contributed by atoms with E-state index in [2.05, 4.69) is 10.6 Å². The molecular formula is C17H24N4O5. The molecule has 3 amide bonds. The van der Waals surface area contributed by atoms with E-state index in [1.807, 2.05) is 20.8 Å². The molecule has 1 aromatic rings. The van der Waals surface area contributed by atoms with E-state index in [1.165, 1.54) is 23.1 Å². The summed E-state index contributed by atoms with van der Waals surface area (Å²) in [4.78, 5) is 47.7. The van der Waals surface area contributed by atoms with Crippen molar-refractivity contribution < 1.29 is 19.3 Å². The zero-order chi connectivity index (χ0) is 19.9. The molecule has 0 aliphatic heterocycles. The number of nitro benzene ring substituents is 1. The Hall–Kier alpha value is -2.97. The quantitative estimate of drug-likeness (QED) is 0.554. The van der Waals surface area contributed by atoms with Gasteiger partial charge < -0.3 is 15.5 Å². The van der Waals surface area contributed by atoms with Crippen LogP contribution in [-0.4, -0.2) is 52.7 Å². The Morgan fingerprint density at radius 1 is 1.23 bits per heavy atom. The molecule has 1 rings (SSSR count). The molecule has 0 aromatic heterocycles. The number of hydrogen-bond donors (Lipinski definition) is 2. The van der Waals surface area contributed by atoms with Crippen LogP contribution < -0.4 is 10.6 Å². The lowest BCUT2D eigenvalue weighted by Gasteiger charge is -2.25. The number of non-ortho nitro benzene ring substituents is 1. The molecule has 9 nitrogen and oxygen atoms in total. The van der Waals surface area contributed by atoms with Crippen LogP contribution in [0.1, 0.15) is 38.1 Å². The van der Waals surface area contributed by atoms with Crippen LogP contribution in [0.15, 0.2) is 24.3 Å². The summed E-state index contributed by atoms with van der Waals surface area (Å²) in [5.41, 5.74) is -0.533. The van der Waals surface area contributed by atoms with Crippen LogP contribution >= 0.6 is 0 Å². The van der Waals surface area contributed by atoms with Crippen molar-refractivity contribution in [1.29, 1.82) is 0 Å². The van der Waals surface area contributed by atoms with Gasteiger partial charge in [0.25, 0.3) is 11.6 Å². The van der Waals surface area contributed by atoms with Crippen molar-refractivity contribution in [2.75, 3.05) is 19.6 Å². The number of carbonyl (C=O) groups is 3. The van der Waals surface area contributed by atoms with Crippen LogP contribution in [0.4, 0.5) is 5.69 Å². The van der Waals surface area contributed by atoms with Gasteiger partial charge in [0.1, 0.15) is 0 Å². The van der Waals surface area contributed by atoms with Crippen LogP contribution in [0.2, 0.25) is 0 Å². The molecule has 2 N–H and O–H groups in total. The molecule has 0 aliphatic rings. The molecule has 9 heteroatoms. The molecule has 1 aromatic carbocycles. The Labute approximate surface area is 151 Å². The lowest BCUT2D eigenvalue weighted by molar-refractivity contribution is -0.384. The Morgan fingerprint density at radius 3 is 2.42 bits per heavy atom. The van der Waals surface area contributed by atoms with Crippen molar-refractivity contribution in [2.24, 2.45) is 0 Å². The van der Waals surface area contributed by atoms with E-state index in [-0.39, 0.29) is 30.2 Å². The number of hydrogen-bond acceptors (Lipinski definition) is 5. The van der Waals surface area contributed by atoms with Crippen LogP contribution in [0, 0.1) is 10.1 Å². The van der Waals surface area contributed by atoms with E-state index in [1.54, 1.807) is 6.92 Å². The van der Waals surface area contributed by atoms with Gasteiger partial charge in [0.15, 0.2) is 0 Å². The first-order chi connectivity index (χ1) is 12.0. The monoisotopic (exact) mass is 364 g/mol. The number of nitro groups is 1. The second-order valence-electron chi connectivity index (χ2n) is 6.70. The highest BCUT2D eigenvalue weighted by atomic mass is 16.6. The van der Waals surface area contributed by atoms with Crippen molar-refractivity contribution in [2.45, 2.75) is 33.2 Å². The van der Waals surface area contributed by atoms with E-state index >= 15 is 0 Å². The average molecular weight is 364 g/mol. The van der Waals surface area contributed by atoms with Crippen LogP contribution in [-0.2, 0) is 9.59 Å². The number of benzene rings is 1. The minimum absolute atomic E-state index is 0.0838. The van der Waals surface area contributed by atoms with Gasteiger partial charge >= 0.3 is 0 Å². The Balaban J connectivity index is 2.63. The van der Waals surface area contributed by atoms with Crippen LogP contribution in [0.3, 0.4) is 0 Å². The fourth-order valence-electron chi connectivity index (χ4n) is 2.14. The predicted octanol–water partition coefficient (Wildman–Crippen LogP) is 1.09. The van der Waals surface area contributed by atoms with Crippen molar-refractivity contribution in [3.05, 3.63) is 39.9 Å². The van der Waals surface area contributed by atoms with Gasteiger partial charge in [-0.25, -0.2) is 0 Å². The standard InChI is InChI=1S/C17H24N4O5/c1-5-20(11-14(22)19-17(2,3)4)15(23)10-18-16(24)12-7-6-8-13(9-12)21(25)26/h6-9H,5,10-11H2,1-4H3,(H,18,24)(H,19,22). The van der Waals surface area contributed by atoms with E-state index in [4.69, 9.17) is 0 Å². The highest BCUT2D eigenvalue weighted by Crippen LogP contribution is 2.12. The summed E-state index contributed by atoms with van der Waals surface area (Å²) in [7, 11) is 0. The summed E-state index contributed by atoms with van der Waals surface area (Å²) in [6.07, 6.45) is 0. The van der Waals surface area contributed by atoms with Crippen molar-refractivity contribution in [3.8, 4) is 0 Å². The second kappa shape index (κ2) is 8.93. The summed E-state index contributed by atoms with van der Waals surface area (Å²) in [6, 6.07) is 5.22. The molecule has 0 spiro atoms. The summed E-state index contributed by atoms with van der Waals surface area (Å²) in [5, 5.41) is 15.9. The highest BCUT2D eigenvalue weighted by molar-refractivity contribution is 5.97. The number of amides is 3. The lowest BCUT2D eigenvalue weighted by atomic mass is 10.1. The molecule has 0 unspecified atom stereocenters. The van der Waals surface area contributed by atoms with Gasteiger partial charge in [0.05, 0.1) is 18.0 Å². The minimum Gasteiger partial charge on any atom is -0.350 e. The fraction of sp³-hybridized carbons (Fsp3) is 0.471. The molecule has 0 heterocycles. The van der Waals surface area contributed by atoms with Gasteiger partial charge in [-0.2, -0.15) is 0 Å². The van der Waals surface area contributed by atoms with Gasteiger partial charge in [-0.05, 0) is 33.8 Å². The molecule has 0 aliphatic carbocycles. The normalized spacial score (nSPS) is 10.8. The van der Waals surface area contributed by atoms with Crippen molar-refractivity contribution >= 4 is 23.4 Å². The molecule has 0 saturated carbocycles. The zero-order valence-corrected chi connectivity index (χ0v) is 15.4. The maximum absolute atomic E-state index is 12.2. The number of carbonyl (C=O) groups excluding carboxylic acids is 3. The molecule has 0 bridgehead atoms. The van der Waals surface area contributed by atoms with Gasteiger partial charge in [0.2, 0.25) is 11.8 Å². The first kappa shape index (κ1) is 21.1. The third-order valence-electron chi connectivity index (χ3n) is 3.30. The van der Waals surface area contributed by atoms with E-state index in [0.29, 0.717) is 6.54 Å². The Kier molecular flexibility index (Phi) is 7.24. The molecule has 0 radical (unpaired) electrons. The maximum atomic E-state index is 12.2. The molecule has 142 valence electrons. The lowest BCUT2D eigenvalue weighted by Crippen LogP contribution is -2.49. The molecule has 26 heavy (non-hydrogen) atoms. The Morgan fingerprint density at radius 2 is 1.88 bits per heavy atom. The average Bonchev–Trinajstić information content (AvgIpc) is 2.55. The van der Waals surface area contributed by atoms with Crippen LogP contribution in [0.25, 0.3) is 0 Å². The SMILES string of the molecule is CCN(CC(=O)NC(C)(C)C)C(=O)CNC(=O)c1cccc([N+](=O)[O-])c1. The third-order valence-corrected chi connectivity index (χ3v) is 3.30. The second-order valence-corrected chi connectivity index (χ2v) is 6.70. The van der Waals surface area contributed by atoms with Gasteiger partial charge in [0, 0.05) is 29.8 Å². The largest absolute Gasteiger partial charge is 0.350 e. The number of nitrogens with zero attached hydrogens (tertiary/aromatic N) is 2. The molecule has 0 atom stereocenters. The summed E-state index contributed by atoms with van der Waals surface area (Å²) >= 11 is 0. The number of rotatable bonds is 7. The smallest absolute Gasteiger partial charge is 0.270 e. The Bertz CT molecular complexity index is 697. The first-order valence-corrected chi connectivity index (χ1v) is 8.15. The van der Waals surface area contributed by atoms with E-state index in [9.17, 15) is 24.5 Å². The fourth-order valence-corrected chi connectivity index (χ4v) is 2.14. The summed E-state index contributed by atoms with van der Waals surface area (Å²) in [5.74, 6) is -1.31. The van der Waals surface area contributed by atoms with E-state index in [0.717, 1.165) is 6.07 Å². The van der Waals surface area contributed by atoms with Crippen molar-refractivity contribution in [1.82, 2.24) is 15.5 Å². The van der Waals surface area contributed by atoms with E-state index < -0.39 is 22.3 Å². The summed E-state index contributed by atoms with van der Waals surface area (Å²) < 4.78 is 0. The number of nitrogens with one attached hydrogen (secondary N) is 2. The first-order valence-electron chi connectivity index (χ1n) is 8.15. The maximum Gasteiger partial charge on any atom is 0.270 e. The van der Waals surface area contributed by atoms with Gasteiger partial charge in [-0.1, -0.05) is 6.07 Å². The van der Waals surface area contributed by atoms with Gasteiger partial charge in [-0.3, -0.25) is 24.5 Å². The molecule has 0 saturated heterocycles. The predicted molar refractivity (Wildman–Crippen MR) is 95.6 cm³/mol. The van der Waals surface area contributed by atoms with Crippen molar-refractivity contribution in [3.63, 3.8) is 0 Å².